The number of carbonyl (C=O) groups is 2. The maximum absolute atomic E-state index is 13.0. The molecule has 32 heavy (non-hydrogen) atoms. The van der Waals surface area contributed by atoms with Crippen molar-refractivity contribution in [2.75, 3.05) is 12.4 Å². The summed E-state index contributed by atoms with van der Waals surface area (Å²) >= 11 is 2.48. The largest absolute Gasteiger partial charge is 0.538 e. The lowest BCUT2D eigenvalue weighted by Crippen LogP contribution is -2.36. The molecule has 0 spiro atoms. The lowest BCUT2D eigenvalue weighted by Gasteiger charge is -2.12. The Bertz CT molecular complexity index is 1150. The summed E-state index contributed by atoms with van der Waals surface area (Å²) in [5.41, 5.74) is 3.15. The number of thioether (sulfide) groups is 1. The number of methoxy groups -OCH3 is 1. The number of esters is 1. The summed E-state index contributed by atoms with van der Waals surface area (Å²) in [7, 11) is 1.34. The molecule has 0 saturated carbocycles. The van der Waals surface area contributed by atoms with Gasteiger partial charge < -0.3 is 19.7 Å². The third-order valence-electron chi connectivity index (χ3n) is 5.31. The highest BCUT2D eigenvalue weighted by molar-refractivity contribution is 8.00. The number of aryl methyl sites for hydroxylation is 2. The number of ether oxygens (including phenoxy) is 1. The van der Waals surface area contributed by atoms with Gasteiger partial charge in [-0.3, -0.25) is 4.79 Å². The summed E-state index contributed by atoms with van der Waals surface area (Å²) < 4.78 is 11.2. The fourth-order valence-electron chi connectivity index (χ4n) is 3.60. The van der Waals surface area contributed by atoms with E-state index in [1.54, 1.807) is 6.92 Å². The first-order valence-corrected chi connectivity index (χ1v) is 11.9. The molecule has 1 aliphatic rings. The minimum Gasteiger partial charge on any atom is -0.538 e. The summed E-state index contributed by atoms with van der Waals surface area (Å²) in [6, 6.07) is 7.45. The minimum absolute atomic E-state index is 0.204. The number of thiophene rings is 1. The van der Waals surface area contributed by atoms with E-state index in [9.17, 15) is 14.7 Å². The van der Waals surface area contributed by atoms with Gasteiger partial charge in [-0.2, -0.15) is 0 Å². The van der Waals surface area contributed by atoms with Crippen LogP contribution in [0.5, 0.6) is 5.95 Å². The molecule has 168 valence electrons. The lowest BCUT2D eigenvalue weighted by molar-refractivity contribution is -0.705. The maximum Gasteiger partial charge on any atom is 0.341 e. The monoisotopic (exact) mass is 473 g/mol. The smallest absolute Gasteiger partial charge is 0.341 e. The van der Waals surface area contributed by atoms with Crippen molar-refractivity contribution in [1.29, 1.82) is 0 Å². The van der Waals surface area contributed by atoms with Crippen LogP contribution in [0, 0.1) is 6.92 Å². The number of nitrogens with zero attached hydrogens (tertiary/aromatic N) is 2. The molecular weight excluding hydrogens is 450 g/mol. The summed E-state index contributed by atoms with van der Waals surface area (Å²) in [6.45, 7) is 3.65. The highest BCUT2D eigenvalue weighted by Crippen LogP contribution is 2.39. The predicted molar refractivity (Wildman–Crippen MR) is 118 cm³/mol. The third kappa shape index (κ3) is 4.37. The van der Waals surface area contributed by atoms with E-state index in [1.165, 1.54) is 23.1 Å². The Labute approximate surface area is 193 Å². The van der Waals surface area contributed by atoms with Gasteiger partial charge in [0, 0.05) is 17.0 Å². The first-order valence-electron chi connectivity index (χ1n) is 10.3. The van der Waals surface area contributed by atoms with Gasteiger partial charge in [0.15, 0.2) is 5.95 Å². The van der Waals surface area contributed by atoms with Crippen molar-refractivity contribution in [2.24, 2.45) is 0 Å². The molecule has 3 aromatic rings. The highest BCUT2D eigenvalue weighted by Gasteiger charge is 2.30. The predicted octanol–water partition coefficient (Wildman–Crippen LogP) is 3.18. The normalized spacial score (nSPS) is 14.0. The Morgan fingerprint density at radius 2 is 2.00 bits per heavy atom. The van der Waals surface area contributed by atoms with Crippen molar-refractivity contribution in [3.05, 3.63) is 45.8 Å². The first kappa shape index (κ1) is 22.3. The van der Waals surface area contributed by atoms with Gasteiger partial charge >= 0.3 is 5.97 Å². The molecule has 0 radical (unpaired) electrons. The van der Waals surface area contributed by atoms with Crippen LogP contribution in [0.3, 0.4) is 0 Å². The third-order valence-corrected chi connectivity index (χ3v) is 7.64. The average molecular weight is 474 g/mol. The standard InChI is InChI=1S/C22H23N3O5S2/c1-12-8-10-14(11-9-12)25-20(22(28)30-24-25)31-13(2)18(26)23-19-17(21(27)29-3)15-6-4-5-7-16(15)32-19/h8-11,13H,4-7H2,1-3H3,(H-,23,24,26,27,28). The number of benzene rings is 1. The zero-order valence-corrected chi connectivity index (χ0v) is 19.6. The van der Waals surface area contributed by atoms with Crippen LogP contribution in [-0.4, -0.2) is 29.5 Å². The lowest BCUT2D eigenvalue weighted by atomic mass is 9.95. The van der Waals surface area contributed by atoms with Gasteiger partial charge in [0.25, 0.3) is 5.03 Å². The number of nitrogens with one attached hydrogen (secondary N) is 1. The molecule has 1 unspecified atom stereocenters. The first-order chi connectivity index (χ1) is 15.4. The molecule has 1 aliphatic carbocycles. The van der Waals surface area contributed by atoms with Gasteiger partial charge in [-0.05, 0) is 61.5 Å². The number of aromatic nitrogens is 2. The van der Waals surface area contributed by atoms with E-state index in [2.05, 4.69) is 10.6 Å². The zero-order chi connectivity index (χ0) is 22.8. The minimum atomic E-state index is -0.636. The van der Waals surface area contributed by atoms with E-state index in [1.807, 2.05) is 31.2 Å². The molecule has 0 fully saturated rings. The molecule has 1 aromatic carbocycles. The molecule has 0 aliphatic heterocycles. The quantitative estimate of drug-likeness (QED) is 0.333. The number of hydrogen-bond acceptors (Lipinski definition) is 8. The van der Waals surface area contributed by atoms with Crippen LogP contribution in [0.2, 0.25) is 0 Å². The van der Waals surface area contributed by atoms with Gasteiger partial charge in [0.05, 0.1) is 23.2 Å². The van der Waals surface area contributed by atoms with Crippen molar-refractivity contribution >= 4 is 40.0 Å². The summed E-state index contributed by atoms with van der Waals surface area (Å²) in [4.78, 5) is 26.5. The van der Waals surface area contributed by atoms with E-state index >= 15 is 0 Å². The maximum atomic E-state index is 13.0. The Morgan fingerprint density at radius 3 is 2.72 bits per heavy atom. The van der Waals surface area contributed by atoms with Gasteiger partial charge in [0.2, 0.25) is 11.6 Å². The topological polar surface area (TPSA) is 108 Å². The van der Waals surface area contributed by atoms with E-state index in [0.717, 1.165) is 53.4 Å². The van der Waals surface area contributed by atoms with Crippen LogP contribution < -0.4 is 15.1 Å². The second-order valence-corrected chi connectivity index (χ2v) is 10.0. The molecule has 1 N–H and O–H groups in total. The van der Waals surface area contributed by atoms with Crippen molar-refractivity contribution in [3.8, 4) is 11.6 Å². The van der Waals surface area contributed by atoms with Crippen LogP contribution in [0.25, 0.3) is 5.69 Å². The van der Waals surface area contributed by atoms with Crippen molar-refractivity contribution in [1.82, 2.24) is 5.27 Å². The van der Waals surface area contributed by atoms with Crippen LogP contribution in [-0.2, 0) is 22.4 Å². The molecule has 0 bridgehead atoms. The van der Waals surface area contributed by atoms with Gasteiger partial charge in [-0.15, -0.1) is 11.3 Å². The number of fused-ring (bicyclic) bond motifs is 1. The van der Waals surface area contributed by atoms with Crippen molar-refractivity contribution in [3.63, 3.8) is 0 Å². The van der Waals surface area contributed by atoms with Crippen LogP contribution in [0.15, 0.2) is 33.8 Å². The van der Waals surface area contributed by atoms with Crippen molar-refractivity contribution in [2.45, 2.75) is 49.8 Å². The fourth-order valence-corrected chi connectivity index (χ4v) is 5.75. The summed E-state index contributed by atoms with van der Waals surface area (Å²) in [5, 5.41) is 19.0. The number of rotatable bonds is 6. The fraction of sp³-hybridized carbons (Fsp3) is 0.364. The van der Waals surface area contributed by atoms with Crippen LogP contribution in [0.4, 0.5) is 5.00 Å². The van der Waals surface area contributed by atoms with E-state index in [-0.39, 0.29) is 10.9 Å². The molecule has 10 heteroatoms. The SMILES string of the molecule is COC(=O)c1c(NC(=O)C(C)Sc2c([O-])on[n+]2-c2ccc(C)cc2)sc2c1CCCC2. The van der Waals surface area contributed by atoms with Gasteiger partial charge in [-0.25, -0.2) is 4.79 Å². The van der Waals surface area contributed by atoms with E-state index in [4.69, 9.17) is 9.26 Å². The number of anilines is 1. The van der Waals surface area contributed by atoms with Gasteiger partial charge in [-0.1, -0.05) is 17.7 Å². The summed E-state index contributed by atoms with van der Waals surface area (Å²) in [6.07, 6.45) is 3.76. The Hall–Kier alpha value is -2.85. The molecule has 2 aromatic heterocycles. The molecule has 2 heterocycles. The highest BCUT2D eigenvalue weighted by atomic mass is 32.2. The molecule has 1 atom stereocenters. The van der Waals surface area contributed by atoms with Gasteiger partial charge in [0.1, 0.15) is 5.00 Å². The molecule has 8 nitrogen and oxygen atoms in total. The van der Waals surface area contributed by atoms with Crippen LogP contribution in [0.1, 0.15) is 46.1 Å². The van der Waals surface area contributed by atoms with Crippen LogP contribution >= 0.6 is 23.1 Å². The molecule has 1 amide bonds. The average Bonchev–Trinajstić information content (AvgIpc) is 3.33. The zero-order valence-electron chi connectivity index (χ0n) is 18.0. The van der Waals surface area contributed by atoms with E-state index in [0.29, 0.717) is 16.3 Å². The Balaban J connectivity index is 1.55. The molecule has 4 rings (SSSR count). The number of hydrogen-bond donors (Lipinski definition) is 1. The molecule has 0 saturated heterocycles. The number of amides is 1. The van der Waals surface area contributed by atoms with E-state index < -0.39 is 17.2 Å². The second kappa shape index (κ2) is 9.33. The van der Waals surface area contributed by atoms with Crippen molar-refractivity contribution < 1.29 is 28.6 Å². The summed E-state index contributed by atoms with van der Waals surface area (Å²) in [5.74, 6) is -1.38. The molecular formula is C22H23N3O5S2. The second-order valence-electron chi connectivity index (χ2n) is 7.57. The Kier molecular flexibility index (Phi) is 6.52. The number of carbonyl (C=O) groups excluding carboxylic acids is 2. The Morgan fingerprint density at radius 1 is 1.28 bits per heavy atom.